The molecule has 0 fully saturated rings. The van der Waals surface area contributed by atoms with Gasteiger partial charge in [-0.25, -0.2) is 9.78 Å². The molecule has 3 N–H and O–H groups in total. The van der Waals surface area contributed by atoms with Gasteiger partial charge in [0.2, 0.25) is 5.89 Å². The van der Waals surface area contributed by atoms with E-state index in [9.17, 15) is 4.79 Å². The minimum Gasteiger partial charge on any atom is -0.443 e. The Labute approximate surface area is 120 Å². The minimum absolute atomic E-state index is 0.286. The zero-order valence-electron chi connectivity index (χ0n) is 11.1. The van der Waals surface area contributed by atoms with Crippen molar-refractivity contribution in [3.63, 3.8) is 0 Å². The number of hydrogen-bond acceptors (Lipinski definition) is 5. The normalized spacial score (nSPS) is 12.1. The van der Waals surface area contributed by atoms with Crippen LogP contribution >= 0.6 is 11.3 Å². The smallest absolute Gasteiger partial charge is 0.315 e. The number of carbonyl (C=O) groups is 1. The lowest BCUT2D eigenvalue weighted by Gasteiger charge is -2.07. The molecule has 2 aromatic rings. The predicted octanol–water partition coefficient (Wildman–Crippen LogP) is 1.97. The van der Waals surface area contributed by atoms with E-state index in [4.69, 9.17) is 9.52 Å². The lowest BCUT2D eigenvalue weighted by molar-refractivity contribution is 0.183. The number of aliphatic hydroxyl groups is 1. The summed E-state index contributed by atoms with van der Waals surface area (Å²) in [7, 11) is 0. The van der Waals surface area contributed by atoms with Crippen LogP contribution in [-0.4, -0.2) is 28.8 Å². The molecule has 7 heteroatoms. The van der Waals surface area contributed by atoms with E-state index >= 15 is 0 Å². The summed E-state index contributed by atoms with van der Waals surface area (Å²) in [5.41, 5.74) is 0.666. The van der Waals surface area contributed by atoms with E-state index in [1.54, 1.807) is 18.3 Å². The van der Waals surface area contributed by atoms with Crippen LogP contribution in [0.3, 0.4) is 0 Å². The molecule has 0 aromatic carbocycles. The van der Waals surface area contributed by atoms with Gasteiger partial charge in [0, 0.05) is 6.54 Å². The van der Waals surface area contributed by atoms with Gasteiger partial charge in [-0.2, -0.15) is 0 Å². The van der Waals surface area contributed by atoms with Crippen molar-refractivity contribution in [2.45, 2.75) is 26.0 Å². The Bertz CT molecular complexity index is 537. The van der Waals surface area contributed by atoms with Gasteiger partial charge in [-0.3, -0.25) is 0 Å². The third-order valence-corrected chi connectivity index (χ3v) is 3.42. The van der Waals surface area contributed by atoms with E-state index in [2.05, 4.69) is 15.6 Å². The van der Waals surface area contributed by atoms with Crippen LogP contribution in [0.1, 0.15) is 19.0 Å². The number of carbonyl (C=O) groups excluding carboxylic acids is 1. The van der Waals surface area contributed by atoms with Crippen molar-refractivity contribution in [3.8, 4) is 10.8 Å². The highest BCUT2D eigenvalue weighted by Gasteiger charge is 2.08. The van der Waals surface area contributed by atoms with Gasteiger partial charge in [-0.15, -0.1) is 11.3 Å². The van der Waals surface area contributed by atoms with E-state index in [-0.39, 0.29) is 6.03 Å². The molecule has 1 unspecified atom stereocenters. The summed E-state index contributed by atoms with van der Waals surface area (Å²) in [6, 6.07) is 3.57. The molecule has 108 valence electrons. The fourth-order valence-electron chi connectivity index (χ4n) is 1.53. The van der Waals surface area contributed by atoms with Gasteiger partial charge in [0.1, 0.15) is 6.26 Å². The standard InChI is InChI=1S/C13H17N3O3S/c1-9(17)4-5-14-13(18)15-7-10-8-19-12(16-10)11-3-2-6-20-11/h2-3,6,8-9,17H,4-5,7H2,1H3,(H2,14,15,18). The quantitative estimate of drug-likeness (QED) is 0.760. The first-order chi connectivity index (χ1) is 9.65. The fraction of sp³-hybridized carbons (Fsp3) is 0.385. The maximum atomic E-state index is 11.5. The van der Waals surface area contributed by atoms with Crippen LogP contribution < -0.4 is 10.6 Å². The van der Waals surface area contributed by atoms with E-state index in [1.807, 2.05) is 17.5 Å². The molecular weight excluding hydrogens is 278 g/mol. The Hall–Kier alpha value is -1.86. The molecule has 2 aromatic heterocycles. The Balaban J connectivity index is 1.75. The third kappa shape index (κ3) is 4.36. The molecule has 0 aliphatic rings. The monoisotopic (exact) mass is 295 g/mol. The lowest BCUT2D eigenvalue weighted by atomic mass is 10.3. The molecule has 6 nitrogen and oxygen atoms in total. The largest absolute Gasteiger partial charge is 0.443 e. The van der Waals surface area contributed by atoms with Crippen LogP contribution in [0.2, 0.25) is 0 Å². The Morgan fingerprint density at radius 2 is 2.40 bits per heavy atom. The summed E-state index contributed by atoms with van der Waals surface area (Å²) >= 11 is 1.55. The molecule has 0 bridgehead atoms. The number of aliphatic hydroxyl groups excluding tert-OH is 1. The Morgan fingerprint density at radius 3 is 3.10 bits per heavy atom. The summed E-state index contributed by atoms with van der Waals surface area (Å²) in [6.45, 7) is 2.42. The van der Waals surface area contributed by atoms with Gasteiger partial charge in [0.25, 0.3) is 0 Å². The average molecular weight is 295 g/mol. The number of hydrogen-bond donors (Lipinski definition) is 3. The van der Waals surface area contributed by atoms with Crippen LogP contribution in [0.5, 0.6) is 0 Å². The SMILES string of the molecule is CC(O)CCNC(=O)NCc1coc(-c2cccs2)n1. The number of rotatable bonds is 6. The highest BCUT2D eigenvalue weighted by molar-refractivity contribution is 7.13. The van der Waals surface area contributed by atoms with Crippen molar-refractivity contribution in [3.05, 3.63) is 29.5 Å². The number of aromatic nitrogens is 1. The first-order valence-electron chi connectivity index (χ1n) is 6.33. The number of amides is 2. The van der Waals surface area contributed by atoms with Crippen molar-refractivity contribution in [1.82, 2.24) is 15.6 Å². The molecule has 0 saturated heterocycles. The van der Waals surface area contributed by atoms with E-state index in [0.717, 1.165) is 4.88 Å². The highest BCUT2D eigenvalue weighted by atomic mass is 32.1. The maximum Gasteiger partial charge on any atom is 0.315 e. The van der Waals surface area contributed by atoms with E-state index in [0.29, 0.717) is 31.1 Å². The van der Waals surface area contributed by atoms with Crippen molar-refractivity contribution in [2.75, 3.05) is 6.54 Å². The summed E-state index contributed by atoms with van der Waals surface area (Å²) in [4.78, 5) is 16.7. The van der Waals surface area contributed by atoms with Crippen LogP contribution in [0.4, 0.5) is 4.79 Å². The van der Waals surface area contributed by atoms with Gasteiger partial charge in [0.15, 0.2) is 0 Å². The fourth-order valence-corrected chi connectivity index (χ4v) is 2.18. The third-order valence-electron chi connectivity index (χ3n) is 2.56. The van der Waals surface area contributed by atoms with Gasteiger partial charge in [-0.05, 0) is 24.8 Å². The molecule has 2 rings (SSSR count). The molecule has 2 amide bonds. The second kappa shape index (κ2) is 7.06. The second-order valence-corrected chi connectivity index (χ2v) is 5.32. The maximum absolute atomic E-state index is 11.5. The van der Waals surface area contributed by atoms with Gasteiger partial charge < -0.3 is 20.2 Å². The van der Waals surface area contributed by atoms with E-state index in [1.165, 1.54) is 6.26 Å². The number of nitrogens with one attached hydrogen (secondary N) is 2. The first-order valence-corrected chi connectivity index (χ1v) is 7.21. The highest BCUT2D eigenvalue weighted by Crippen LogP contribution is 2.23. The number of thiophene rings is 1. The van der Waals surface area contributed by atoms with Gasteiger partial charge in [0.05, 0.1) is 23.2 Å². The Morgan fingerprint density at radius 1 is 1.55 bits per heavy atom. The van der Waals surface area contributed by atoms with Gasteiger partial charge >= 0.3 is 6.03 Å². The summed E-state index contributed by atoms with van der Waals surface area (Å²) in [5.74, 6) is 0.561. The van der Waals surface area contributed by atoms with Gasteiger partial charge in [-0.1, -0.05) is 6.07 Å². The molecule has 0 spiro atoms. The molecule has 20 heavy (non-hydrogen) atoms. The molecule has 0 saturated carbocycles. The molecular formula is C13H17N3O3S. The Kier molecular flexibility index (Phi) is 5.14. The lowest BCUT2D eigenvalue weighted by Crippen LogP contribution is -2.36. The molecule has 2 heterocycles. The van der Waals surface area contributed by atoms with Crippen molar-refractivity contribution < 1.29 is 14.3 Å². The zero-order chi connectivity index (χ0) is 14.4. The topological polar surface area (TPSA) is 87.4 Å². The first kappa shape index (κ1) is 14.5. The summed E-state index contributed by atoms with van der Waals surface area (Å²) < 4.78 is 5.35. The number of oxazole rings is 1. The minimum atomic E-state index is -0.417. The average Bonchev–Trinajstić information content (AvgIpc) is 3.06. The summed E-state index contributed by atoms with van der Waals surface area (Å²) in [5, 5.41) is 16.4. The van der Waals surface area contributed by atoms with Crippen LogP contribution in [0.25, 0.3) is 10.8 Å². The van der Waals surface area contributed by atoms with Crippen LogP contribution in [0, 0.1) is 0 Å². The number of nitrogens with zero attached hydrogens (tertiary/aromatic N) is 1. The zero-order valence-corrected chi connectivity index (χ0v) is 11.9. The molecule has 1 atom stereocenters. The number of urea groups is 1. The molecule has 0 aliphatic heterocycles. The van der Waals surface area contributed by atoms with Crippen molar-refractivity contribution in [2.24, 2.45) is 0 Å². The molecule has 0 radical (unpaired) electrons. The van der Waals surface area contributed by atoms with Crippen molar-refractivity contribution >= 4 is 17.4 Å². The predicted molar refractivity (Wildman–Crippen MR) is 76.4 cm³/mol. The molecule has 0 aliphatic carbocycles. The second-order valence-electron chi connectivity index (χ2n) is 4.37. The van der Waals surface area contributed by atoms with Crippen molar-refractivity contribution in [1.29, 1.82) is 0 Å². The van der Waals surface area contributed by atoms with Crippen LogP contribution in [-0.2, 0) is 6.54 Å². The van der Waals surface area contributed by atoms with E-state index < -0.39 is 6.10 Å². The van der Waals surface area contributed by atoms with Crippen LogP contribution in [0.15, 0.2) is 28.2 Å². The summed E-state index contributed by atoms with van der Waals surface area (Å²) in [6.07, 6.45) is 1.64.